The summed E-state index contributed by atoms with van der Waals surface area (Å²) in [6.45, 7) is 8.45. The molecule has 4 heterocycles. The minimum Gasteiger partial charge on any atom is -0.356 e. The highest BCUT2D eigenvalue weighted by Crippen LogP contribution is 2.34. The van der Waals surface area contributed by atoms with Gasteiger partial charge in [0, 0.05) is 30.9 Å². The molecule has 0 radical (unpaired) electrons. The summed E-state index contributed by atoms with van der Waals surface area (Å²) in [4.78, 5) is 33.8. The van der Waals surface area contributed by atoms with E-state index in [1.807, 2.05) is 27.7 Å². The van der Waals surface area contributed by atoms with Crippen molar-refractivity contribution >= 4 is 11.2 Å². The molecular weight excluding hydrogens is 539 g/mol. The lowest BCUT2D eigenvalue weighted by molar-refractivity contribution is -0.137. The molecule has 0 fully saturated rings. The van der Waals surface area contributed by atoms with Gasteiger partial charge in [-0.25, -0.2) is 9.78 Å². The molecule has 0 saturated heterocycles. The van der Waals surface area contributed by atoms with Crippen LogP contribution in [-0.4, -0.2) is 34.0 Å². The van der Waals surface area contributed by atoms with Gasteiger partial charge in [0.2, 0.25) is 0 Å². The fourth-order valence-electron chi connectivity index (χ4n) is 4.81. The number of alkyl halides is 3. The topological polar surface area (TPSA) is 117 Å². The maximum Gasteiger partial charge on any atom is 0.416 e. The zero-order valence-corrected chi connectivity index (χ0v) is 23.1. The van der Waals surface area contributed by atoms with Crippen molar-refractivity contribution < 1.29 is 17.7 Å². The second-order valence-corrected chi connectivity index (χ2v) is 10.1. The molecule has 41 heavy (non-hydrogen) atoms. The molecular formula is C28H30F3N7O3. The van der Waals surface area contributed by atoms with Crippen molar-refractivity contribution in [2.75, 3.05) is 0 Å². The van der Waals surface area contributed by atoms with Gasteiger partial charge in [-0.05, 0) is 38.3 Å². The lowest BCUT2D eigenvalue weighted by atomic mass is 9.94. The quantitative estimate of drug-likeness (QED) is 0.254. The van der Waals surface area contributed by atoms with Crippen LogP contribution in [0.1, 0.15) is 58.2 Å². The van der Waals surface area contributed by atoms with Crippen LogP contribution in [0.5, 0.6) is 0 Å². The third kappa shape index (κ3) is 4.89. The third-order valence-corrected chi connectivity index (χ3v) is 7.36. The van der Waals surface area contributed by atoms with Gasteiger partial charge in [0.15, 0.2) is 11.4 Å². The van der Waals surface area contributed by atoms with Crippen molar-refractivity contribution in [3.05, 3.63) is 74.8 Å². The van der Waals surface area contributed by atoms with E-state index in [0.717, 1.165) is 12.1 Å². The van der Waals surface area contributed by atoms with Gasteiger partial charge in [-0.3, -0.25) is 18.6 Å². The fraction of sp³-hybridized carbons (Fsp3) is 0.393. The number of hydrogen-bond acceptors (Lipinski definition) is 6. The normalized spacial score (nSPS) is 13.6. The van der Waals surface area contributed by atoms with E-state index in [1.54, 1.807) is 23.1 Å². The van der Waals surface area contributed by atoms with Crippen molar-refractivity contribution in [3.8, 4) is 22.7 Å². The van der Waals surface area contributed by atoms with E-state index in [0.29, 0.717) is 66.4 Å². The molecule has 0 bridgehead atoms. The van der Waals surface area contributed by atoms with E-state index in [1.165, 1.54) is 21.3 Å². The Morgan fingerprint density at radius 1 is 0.976 bits per heavy atom. The number of imidazole rings is 1. The number of H-pyrrole nitrogens is 1. The van der Waals surface area contributed by atoms with Crippen LogP contribution in [0.15, 0.2) is 56.8 Å². The van der Waals surface area contributed by atoms with Gasteiger partial charge in [0.1, 0.15) is 22.6 Å². The molecule has 1 atom stereocenters. The van der Waals surface area contributed by atoms with Crippen LogP contribution in [0.4, 0.5) is 13.2 Å². The number of rotatable bonds is 9. The number of fused-ring (bicyclic) bond motifs is 1. The van der Waals surface area contributed by atoms with Crippen LogP contribution in [0.25, 0.3) is 33.9 Å². The van der Waals surface area contributed by atoms with Crippen LogP contribution in [0.3, 0.4) is 0 Å². The van der Waals surface area contributed by atoms with Gasteiger partial charge < -0.3 is 9.51 Å². The smallest absolute Gasteiger partial charge is 0.356 e. The van der Waals surface area contributed by atoms with Crippen molar-refractivity contribution in [2.24, 2.45) is 0 Å². The van der Waals surface area contributed by atoms with Crippen molar-refractivity contribution in [2.45, 2.75) is 71.8 Å². The summed E-state index contributed by atoms with van der Waals surface area (Å²) >= 11 is 0. The number of nitrogens with one attached hydrogen (secondary N) is 1. The maximum absolute atomic E-state index is 13.1. The molecule has 1 N–H and O–H groups in total. The van der Waals surface area contributed by atoms with Crippen LogP contribution in [0, 0.1) is 0 Å². The number of halogens is 3. The molecule has 0 aliphatic rings. The summed E-state index contributed by atoms with van der Waals surface area (Å²) in [5.41, 5.74) is -0.155. The number of nitrogens with zero attached hydrogens (tertiary/aromatic N) is 6. The van der Waals surface area contributed by atoms with Gasteiger partial charge >= 0.3 is 11.9 Å². The van der Waals surface area contributed by atoms with Gasteiger partial charge in [-0.1, -0.05) is 38.1 Å². The Hall–Kier alpha value is -4.42. The highest BCUT2D eigenvalue weighted by atomic mass is 19.4. The minimum atomic E-state index is -4.43. The predicted molar refractivity (Wildman–Crippen MR) is 146 cm³/mol. The Bertz CT molecular complexity index is 1810. The van der Waals surface area contributed by atoms with Crippen molar-refractivity contribution in [1.29, 1.82) is 0 Å². The number of aromatic amines is 1. The van der Waals surface area contributed by atoms with E-state index < -0.39 is 22.8 Å². The van der Waals surface area contributed by atoms with Crippen LogP contribution in [-0.2, 0) is 24.8 Å². The third-order valence-electron chi connectivity index (χ3n) is 7.36. The Morgan fingerprint density at radius 2 is 1.66 bits per heavy atom. The number of hydrogen-bond donors (Lipinski definition) is 1. The summed E-state index contributed by atoms with van der Waals surface area (Å²) < 4.78 is 48.8. The minimum absolute atomic E-state index is 0.255. The Labute approximate surface area is 232 Å². The SMILES string of the molecule is CCCn1c(=O)c2[nH]c(-c3cnn(C(C)(CC)c4cc(-c5ccc(C(F)(F)F)cc5)on4)c3)nc2n(CCC)c1=O. The Morgan fingerprint density at radius 3 is 2.29 bits per heavy atom. The molecule has 1 unspecified atom stereocenters. The first-order valence-electron chi connectivity index (χ1n) is 13.5. The maximum atomic E-state index is 13.1. The zero-order chi connectivity index (χ0) is 29.5. The first kappa shape index (κ1) is 28.1. The standard InChI is InChI=1S/C28H30F3N7O3/c1-5-12-36-24-22(25(39)37(13-6-2)26(36)40)33-23(34-24)18-15-32-38(16-18)27(4,7-3)21-14-20(41-35-21)17-8-10-19(11-9-17)28(29,30)31/h8-11,14-16H,5-7,12-13H2,1-4H3,(H,33,34). The van der Waals surface area contributed by atoms with E-state index in [-0.39, 0.29) is 11.2 Å². The highest BCUT2D eigenvalue weighted by Gasteiger charge is 2.33. The van der Waals surface area contributed by atoms with Gasteiger partial charge in [0.25, 0.3) is 5.56 Å². The lowest BCUT2D eigenvalue weighted by Gasteiger charge is -2.26. The number of aromatic nitrogens is 7. The van der Waals surface area contributed by atoms with Crippen LogP contribution >= 0.6 is 0 Å². The second kappa shape index (κ2) is 10.5. The molecule has 0 aliphatic carbocycles. The van der Waals surface area contributed by atoms with E-state index >= 15 is 0 Å². The monoisotopic (exact) mass is 569 g/mol. The van der Waals surface area contributed by atoms with Crippen molar-refractivity contribution in [1.82, 2.24) is 34.0 Å². The molecule has 0 amide bonds. The molecule has 5 rings (SSSR count). The summed E-state index contributed by atoms with van der Waals surface area (Å²) in [6, 6.07) is 6.38. The number of benzene rings is 1. The van der Waals surface area contributed by atoms with E-state index in [9.17, 15) is 22.8 Å². The van der Waals surface area contributed by atoms with Crippen LogP contribution in [0.2, 0.25) is 0 Å². The molecule has 0 saturated carbocycles. The molecule has 0 spiro atoms. The van der Waals surface area contributed by atoms with Crippen molar-refractivity contribution in [3.63, 3.8) is 0 Å². The zero-order valence-electron chi connectivity index (χ0n) is 23.1. The van der Waals surface area contributed by atoms with Gasteiger partial charge in [0.05, 0.1) is 17.3 Å². The lowest BCUT2D eigenvalue weighted by Crippen LogP contribution is -2.40. The highest BCUT2D eigenvalue weighted by molar-refractivity contribution is 5.75. The molecule has 216 valence electrons. The molecule has 0 aliphatic heterocycles. The average Bonchev–Trinajstić information content (AvgIpc) is 3.73. The molecule has 10 nitrogen and oxygen atoms in total. The summed E-state index contributed by atoms with van der Waals surface area (Å²) in [5, 5.41) is 8.76. The van der Waals surface area contributed by atoms with Crippen LogP contribution < -0.4 is 11.2 Å². The summed E-state index contributed by atoms with van der Waals surface area (Å²) in [6.07, 6.45) is 0.836. The molecule has 1 aromatic carbocycles. The van der Waals surface area contributed by atoms with Gasteiger partial charge in [-0.15, -0.1) is 0 Å². The first-order valence-corrected chi connectivity index (χ1v) is 13.5. The predicted octanol–water partition coefficient (Wildman–Crippen LogP) is 5.42. The fourth-order valence-corrected chi connectivity index (χ4v) is 4.81. The Balaban J connectivity index is 1.51. The largest absolute Gasteiger partial charge is 0.416 e. The molecule has 5 aromatic rings. The molecule has 13 heteroatoms. The first-order chi connectivity index (χ1) is 19.5. The van der Waals surface area contributed by atoms with E-state index in [2.05, 4.69) is 20.2 Å². The Kier molecular flexibility index (Phi) is 7.22. The van der Waals surface area contributed by atoms with E-state index in [4.69, 9.17) is 4.52 Å². The average molecular weight is 570 g/mol. The summed E-state index contributed by atoms with van der Waals surface area (Å²) in [5.74, 6) is 0.723. The summed E-state index contributed by atoms with van der Waals surface area (Å²) in [7, 11) is 0. The molecule has 4 aromatic heterocycles. The van der Waals surface area contributed by atoms with Gasteiger partial charge in [-0.2, -0.15) is 18.3 Å². The second-order valence-electron chi connectivity index (χ2n) is 10.1. The number of aryl methyl sites for hydroxylation is 1.